The van der Waals surface area contributed by atoms with Crippen molar-refractivity contribution >= 4 is 29.6 Å². The Labute approximate surface area is 103 Å². The van der Waals surface area contributed by atoms with Gasteiger partial charge in [-0.1, -0.05) is 0 Å². The predicted molar refractivity (Wildman–Crippen MR) is 61.9 cm³/mol. The zero-order valence-corrected chi connectivity index (χ0v) is 10.0. The van der Waals surface area contributed by atoms with Gasteiger partial charge in [0.1, 0.15) is 6.04 Å². The van der Waals surface area contributed by atoms with E-state index in [-0.39, 0.29) is 24.0 Å². The molecule has 1 unspecified atom stereocenters. The van der Waals surface area contributed by atoms with Gasteiger partial charge in [-0.05, 0) is 25.0 Å². The van der Waals surface area contributed by atoms with Crippen molar-refractivity contribution in [1.82, 2.24) is 5.32 Å². The van der Waals surface area contributed by atoms with Crippen molar-refractivity contribution < 1.29 is 24.6 Å². The molecule has 0 radical (unpaired) electrons. The molecule has 0 bridgehead atoms. The van der Waals surface area contributed by atoms with Gasteiger partial charge in [-0.3, -0.25) is 9.59 Å². The summed E-state index contributed by atoms with van der Waals surface area (Å²) in [4.78, 5) is 32.9. The van der Waals surface area contributed by atoms with Crippen LogP contribution in [0, 0.1) is 0 Å². The van der Waals surface area contributed by atoms with Crippen LogP contribution in [0.25, 0.3) is 0 Å². The number of carbonyl (C=O) groups is 3. The second-order valence-corrected chi connectivity index (χ2v) is 5.14. The molecule has 1 heterocycles. The zero-order valence-electron chi connectivity index (χ0n) is 9.22. The number of thioether (sulfide) groups is 1. The lowest BCUT2D eigenvalue weighted by atomic mass is 10.1. The SMILES string of the molecule is O=C(O)CC[C@H](NC(=O)C1CCCS1)C(=O)O. The number of hydrogen-bond donors (Lipinski definition) is 3. The number of aliphatic carboxylic acids is 2. The molecule has 0 saturated carbocycles. The summed E-state index contributed by atoms with van der Waals surface area (Å²) in [6, 6.07) is -1.11. The molecule has 3 N–H and O–H groups in total. The van der Waals surface area contributed by atoms with E-state index in [1.807, 2.05) is 0 Å². The van der Waals surface area contributed by atoms with Gasteiger partial charge in [0.15, 0.2) is 0 Å². The van der Waals surface area contributed by atoms with E-state index in [0.717, 1.165) is 18.6 Å². The minimum absolute atomic E-state index is 0.0895. The molecular weight excluding hydrogens is 246 g/mol. The minimum atomic E-state index is -1.19. The van der Waals surface area contributed by atoms with Crippen molar-refractivity contribution in [3.63, 3.8) is 0 Å². The Kier molecular flexibility index (Phi) is 5.27. The fourth-order valence-corrected chi connectivity index (χ4v) is 2.74. The number of rotatable bonds is 6. The first-order chi connectivity index (χ1) is 8.00. The summed E-state index contributed by atoms with van der Waals surface area (Å²) in [5.41, 5.74) is 0. The van der Waals surface area contributed by atoms with Gasteiger partial charge in [-0.25, -0.2) is 4.79 Å². The van der Waals surface area contributed by atoms with Crippen LogP contribution in [0.3, 0.4) is 0 Å². The van der Waals surface area contributed by atoms with Gasteiger partial charge in [-0.15, -0.1) is 11.8 Å². The van der Waals surface area contributed by atoms with Gasteiger partial charge in [-0.2, -0.15) is 0 Å². The molecule has 0 aromatic rings. The number of carboxylic acids is 2. The van der Waals surface area contributed by atoms with Crippen LogP contribution >= 0.6 is 11.8 Å². The molecule has 1 aliphatic heterocycles. The summed E-state index contributed by atoms with van der Waals surface area (Å²) >= 11 is 1.51. The van der Waals surface area contributed by atoms with E-state index in [0.29, 0.717) is 0 Å². The number of carbonyl (C=O) groups excluding carboxylic acids is 1. The van der Waals surface area contributed by atoms with E-state index in [2.05, 4.69) is 5.32 Å². The number of amides is 1. The van der Waals surface area contributed by atoms with Gasteiger partial charge >= 0.3 is 11.9 Å². The summed E-state index contributed by atoms with van der Waals surface area (Å²) < 4.78 is 0. The van der Waals surface area contributed by atoms with Crippen LogP contribution < -0.4 is 5.32 Å². The first kappa shape index (κ1) is 13.8. The standard InChI is InChI=1S/C10H15NO5S/c12-8(13)4-3-6(10(15)16)11-9(14)7-2-1-5-17-7/h6-7H,1-5H2,(H,11,14)(H,12,13)(H,15,16)/t6-,7?/m0/s1. The topological polar surface area (TPSA) is 104 Å². The number of carboxylic acid groups (broad SMARTS) is 2. The Morgan fingerprint density at radius 1 is 1.35 bits per heavy atom. The van der Waals surface area contributed by atoms with Crippen molar-refractivity contribution in [3.05, 3.63) is 0 Å². The highest BCUT2D eigenvalue weighted by atomic mass is 32.2. The van der Waals surface area contributed by atoms with Gasteiger partial charge in [0.25, 0.3) is 0 Å². The first-order valence-corrected chi connectivity index (χ1v) is 6.42. The first-order valence-electron chi connectivity index (χ1n) is 5.37. The molecule has 7 heteroatoms. The van der Waals surface area contributed by atoms with E-state index < -0.39 is 18.0 Å². The average Bonchev–Trinajstić information content (AvgIpc) is 2.76. The smallest absolute Gasteiger partial charge is 0.326 e. The average molecular weight is 261 g/mol. The molecule has 2 atom stereocenters. The van der Waals surface area contributed by atoms with E-state index >= 15 is 0 Å². The Hall–Kier alpha value is -1.24. The van der Waals surface area contributed by atoms with Crippen LogP contribution in [0.15, 0.2) is 0 Å². The van der Waals surface area contributed by atoms with E-state index in [9.17, 15) is 14.4 Å². The van der Waals surface area contributed by atoms with Crippen molar-refractivity contribution in [3.8, 4) is 0 Å². The highest BCUT2D eigenvalue weighted by Gasteiger charge is 2.28. The number of hydrogen-bond acceptors (Lipinski definition) is 4. The maximum absolute atomic E-state index is 11.7. The molecule has 0 aliphatic carbocycles. The van der Waals surface area contributed by atoms with Gasteiger partial charge < -0.3 is 15.5 Å². The lowest BCUT2D eigenvalue weighted by Gasteiger charge is -2.16. The van der Waals surface area contributed by atoms with Crippen molar-refractivity contribution in [2.24, 2.45) is 0 Å². The maximum Gasteiger partial charge on any atom is 0.326 e. The summed E-state index contributed by atoms with van der Waals surface area (Å²) in [6.07, 6.45) is 1.35. The highest BCUT2D eigenvalue weighted by molar-refractivity contribution is 8.00. The molecule has 6 nitrogen and oxygen atoms in total. The molecule has 0 spiro atoms. The van der Waals surface area contributed by atoms with Crippen LogP contribution in [0.5, 0.6) is 0 Å². The van der Waals surface area contributed by atoms with Crippen LogP contribution in [0.1, 0.15) is 25.7 Å². The third-order valence-electron chi connectivity index (χ3n) is 2.48. The van der Waals surface area contributed by atoms with Crippen molar-refractivity contribution in [2.45, 2.75) is 37.0 Å². The lowest BCUT2D eigenvalue weighted by molar-refractivity contribution is -0.143. The second-order valence-electron chi connectivity index (χ2n) is 3.83. The van der Waals surface area contributed by atoms with E-state index in [1.54, 1.807) is 0 Å². The van der Waals surface area contributed by atoms with Gasteiger partial charge in [0.05, 0.1) is 5.25 Å². The van der Waals surface area contributed by atoms with Crippen LogP contribution in [-0.2, 0) is 14.4 Å². The fraction of sp³-hybridized carbons (Fsp3) is 0.700. The Bertz CT molecular complexity index is 314. The van der Waals surface area contributed by atoms with E-state index in [1.165, 1.54) is 11.8 Å². The molecule has 1 aliphatic rings. The molecule has 1 rings (SSSR count). The fourth-order valence-electron chi connectivity index (χ4n) is 1.57. The van der Waals surface area contributed by atoms with Gasteiger partial charge in [0, 0.05) is 6.42 Å². The zero-order chi connectivity index (χ0) is 12.8. The van der Waals surface area contributed by atoms with E-state index in [4.69, 9.17) is 10.2 Å². The third kappa shape index (κ3) is 4.64. The summed E-state index contributed by atoms with van der Waals surface area (Å²) in [5.74, 6) is -1.65. The molecule has 0 aromatic heterocycles. The second kappa shape index (κ2) is 6.48. The predicted octanol–water partition coefficient (Wildman–Crippen LogP) is 0.316. The minimum Gasteiger partial charge on any atom is -0.481 e. The quantitative estimate of drug-likeness (QED) is 0.636. The summed E-state index contributed by atoms with van der Waals surface area (Å²) in [7, 11) is 0. The molecule has 96 valence electrons. The Balaban J connectivity index is 2.44. The van der Waals surface area contributed by atoms with Crippen LogP contribution in [0.2, 0.25) is 0 Å². The van der Waals surface area contributed by atoms with Gasteiger partial charge in [0.2, 0.25) is 5.91 Å². The Morgan fingerprint density at radius 3 is 2.53 bits per heavy atom. The normalized spacial score (nSPS) is 20.8. The molecule has 1 amide bonds. The lowest BCUT2D eigenvalue weighted by Crippen LogP contribution is -2.44. The molecular formula is C10H15NO5S. The van der Waals surface area contributed by atoms with Crippen LogP contribution in [0.4, 0.5) is 0 Å². The highest BCUT2D eigenvalue weighted by Crippen LogP contribution is 2.26. The maximum atomic E-state index is 11.7. The monoisotopic (exact) mass is 261 g/mol. The van der Waals surface area contributed by atoms with Crippen LogP contribution in [-0.4, -0.2) is 45.1 Å². The van der Waals surface area contributed by atoms with Crippen molar-refractivity contribution in [1.29, 1.82) is 0 Å². The molecule has 17 heavy (non-hydrogen) atoms. The molecule has 0 aromatic carbocycles. The molecule has 1 saturated heterocycles. The summed E-state index contributed by atoms with van der Waals surface area (Å²) in [6.45, 7) is 0. The third-order valence-corrected chi connectivity index (χ3v) is 3.86. The summed E-state index contributed by atoms with van der Waals surface area (Å²) in [5, 5.41) is 19.5. The van der Waals surface area contributed by atoms with Crippen molar-refractivity contribution in [2.75, 3.05) is 5.75 Å². The largest absolute Gasteiger partial charge is 0.481 e. The number of nitrogens with one attached hydrogen (secondary N) is 1. The molecule has 1 fully saturated rings. The Morgan fingerprint density at radius 2 is 2.06 bits per heavy atom.